The fraction of sp³-hybridized carbons (Fsp3) is 0.400. The Labute approximate surface area is 206 Å². The van der Waals surface area contributed by atoms with Crippen molar-refractivity contribution < 1.29 is 14.2 Å². The lowest BCUT2D eigenvalue weighted by molar-refractivity contribution is -0.266. The molecule has 3 aromatic carbocycles. The third kappa shape index (κ3) is 4.11. The molecule has 1 aliphatic rings. The average molecular weight is 479 g/mol. The predicted molar refractivity (Wildman–Crippen MR) is 141 cm³/mol. The lowest BCUT2D eigenvalue weighted by Crippen LogP contribution is -2.34. The zero-order valence-corrected chi connectivity index (χ0v) is 22.9. The largest absolute Gasteiger partial charge is 0.329 e. The van der Waals surface area contributed by atoms with E-state index in [0.29, 0.717) is 0 Å². The lowest BCUT2D eigenvalue weighted by atomic mass is 10.1. The van der Waals surface area contributed by atoms with Crippen LogP contribution in [0.1, 0.15) is 50.1 Å². The molecule has 3 aromatic rings. The van der Waals surface area contributed by atoms with Crippen LogP contribution in [0.4, 0.5) is 0 Å². The number of ether oxygens (including phenoxy) is 3. The predicted octanol–water partition coefficient (Wildman–Crippen LogP) is 8.01. The van der Waals surface area contributed by atoms with E-state index >= 15 is 0 Å². The molecule has 34 heavy (non-hydrogen) atoms. The van der Waals surface area contributed by atoms with Crippen molar-refractivity contribution >= 4 is 10.0 Å². The van der Waals surface area contributed by atoms with Crippen LogP contribution in [0, 0.1) is 62.3 Å². The van der Waals surface area contributed by atoms with Gasteiger partial charge in [0.25, 0.3) is 0 Å². The minimum atomic E-state index is -1.99. The van der Waals surface area contributed by atoms with E-state index < -0.39 is 15.7 Å². The van der Waals surface area contributed by atoms with Crippen LogP contribution in [-0.4, -0.2) is 19.2 Å². The topological polar surface area (TPSA) is 27.7 Å². The van der Waals surface area contributed by atoms with Gasteiger partial charge < -0.3 is 14.2 Å². The van der Waals surface area contributed by atoms with E-state index in [1.54, 1.807) is 0 Å². The molecule has 0 amide bonds. The molecule has 0 N–H and O–H groups in total. The molecule has 0 spiro atoms. The van der Waals surface area contributed by atoms with Crippen LogP contribution in [0.5, 0.6) is 0 Å². The highest BCUT2D eigenvalue weighted by Crippen LogP contribution is 2.76. The minimum Gasteiger partial charge on any atom is -0.329 e. The Kier molecular flexibility index (Phi) is 6.99. The van der Waals surface area contributed by atoms with Crippen molar-refractivity contribution in [1.29, 1.82) is 0 Å². The summed E-state index contributed by atoms with van der Waals surface area (Å²) >= 11 is 0. The van der Waals surface area contributed by atoms with Crippen LogP contribution in [-0.2, 0) is 14.2 Å². The first-order valence-corrected chi connectivity index (χ1v) is 13.6. The van der Waals surface area contributed by atoms with Crippen molar-refractivity contribution in [2.24, 2.45) is 0 Å². The fourth-order valence-electron chi connectivity index (χ4n) is 6.11. The second-order valence-electron chi connectivity index (χ2n) is 9.91. The molecule has 0 aromatic heterocycles. The number of hydrogen-bond acceptors (Lipinski definition) is 3. The first kappa shape index (κ1) is 25.0. The summed E-state index contributed by atoms with van der Waals surface area (Å²) in [4.78, 5) is 4.03. The smallest absolute Gasteiger partial charge is 0.207 e. The summed E-state index contributed by atoms with van der Waals surface area (Å²) in [7, 11) is -1.99. The van der Waals surface area contributed by atoms with Crippen LogP contribution in [0.25, 0.3) is 0 Å². The summed E-state index contributed by atoms with van der Waals surface area (Å²) < 4.78 is 18.4. The van der Waals surface area contributed by atoms with Gasteiger partial charge in [-0.1, -0.05) is 53.1 Å². The van der Waals surface area contributed by atoms with Gasteiger partial charge in [-0.05, 0) is 95.7 Å². The number of benzene rings is 3. The maximum absolute atomic E-state index is 6.42. The normalized spacial score (nSPS) is 15.6. The van der Waals surface area contributed by atoms with Crippen molar-refractivity contribution in [2.75, 3.05) is 13.6 Å². The molecule has 0 radical (unpaired) electrons. The average Bonchev–Trinajstić information content (AvgIpc) is 2.71. The summed E-state index contributed by atoms with van der Waals surface area (Å²) in [6, 6.07) is 13.8. The van der Waals surface area contributed by atoms with Crippen molar-refractivity contribution in [3.8, 4) is 0 Å². The molecule has 1 heterocycles. The third-order valence-electron chi connectivity index (χ3n) is 6.64. The maximum atomic E-state index is 6.42. The van der Waals surface area contributed by atoms with Crippen molar-refractivity contribution in [1.82, 2.24) is 0 Å². The highest BCUT2D eigenvalue weighted by atomic mass is 32.3. The SMILES string of the molecule is Cc1cc(C)c(S(c2c(C)cc(C)cc2C)(c2c(C)cc(C)cc2C)C2OCOCO2)c(C)c1. The molecule has 1 fully saturated rings. The number of rotatable bonds is 4. The lowest BCUT2D eigenvalue weighted by Gasteiger charge is -2.51. The van der Waals surface area contributed by atoms with E-state index in [1.807, 2.05) is 0 Å². The maximum Gasteiger partial charge on any atom is 0.207 e. The van der Waals surface area contributed by atoms with Crippen LogP contribution in [0.3, 0.4) is 0 Å². The number of hydrogen-bond donors (Lipinski definition) is 0. The Morgan fingerprint density at radius 2 is 0.765 bits per heavy atom. The standard InChI is InChI=1S/C30H38O3S/c1-18-10-21(4)27(22(5)11-18)34(30-32-16-31-17-33-30,28-23(6)12-19(2)13-24(28)7)29-25(8)14-20(3)15-26(29)9/h10-15,30H,16-17H2,1-9H3. The van der Waals surface area contributed by atoms with E-state index in [0.717, 1.165) is 0 Å². The molecule has 3 nitrogen and oxygen atoms in total. The van der Waals surface area contributed by atoms with Crippen LogP contribution in [0.15, 0.2) is 51.1 Å². The zero-order chi connectivity index (χ0) is 24.8. The van der Waals surface area contributed by atoms with Crippen LogP contribution >= 0.6 is 10.0 Å². The van der Waals surface area contributed by atoms with Crippen LogP contribution in [0.2, 0.25) is 0 Å². The van der Waals surface area contributed by atoms with Gasteiger partial charge in [-0.25, -0.2) is 0 Å². The molecular formula is C30H38O3S. The molecule has 182 valence electrons. The third-order valence-corrected chi connectivity index (χ3v) is 11.4. The Bertz CT molecular complexity index is 1030. The van der Waals surface area contributed by atoms with E-state index in [-0.39, 0.29) is 13.6 Å². The first-order valence-electron chi connectivity index (χ1n) is 11.9. The summed E-state index contributed by atoms with van der Waals surface area (Å²) in [6.07, 6.45) is 0. The molecule has 1 saturated heterocycles. The monoisotopic (exact) mass is 478 g/mol. The quantitative estimate of drug-likeness (QED) is 0.380. The van der Waals surface area contributed by atoms with E-state index in [1.165, 1.54) is 64.8 Å². The zero-order valence-electron chi connectivity index (χ0n) is 22.1. The molecule has 0 atom stereocenters. The number of aryl methyl sites for hydroxylation is 9. The van der Waals surface area contributed by atoms with Gasteiger partial charge in [-0.15, -0.1) is 10.0 Å². The molecule has 0 unspecified atom stereocenters. The first-order chi connectivity index (χ1) is 16.1. The van der Waals surface area contributed by atoms with Crippen molar-refractivity contribution in [3.63, 3.8) is 0 Å². The Morgan fingerprint density at radius 1 is 0.500 bits per heavy atom. The summed E-state index contributed by atoms with van der Waals surface area (Å²) in [5.74, 6) is 0. The summed E-state index contributed by atoms with van der Waals surface area (Å²) in [6.45, 7) is 20.5. The molecular weight excluding hydrogens is 440 g/mol. The van der Waals surface area contributed by atoms with Gasteiger partial charge in [-0.2, -0.15) is 0 Å². The van der Waals surface area contributed by atoms with E-state index in [4.69, 9.17) is 14.2 Å². The molecule has 4 heteroatoms. The highest BCUT2D eigenvalue weighted by molar-refractivity contribution is 8.34. The molecule has 0 bridgehead atoms. The Morgan fingerprint density at radius 3 is 1.03 bits per heavy atom. The van der Waals surface area contributed by atoms with Gasteiger partial charge >= 0.3 is 0 Å². The van der Waals surface area contributed by atoms with Gasteiger partial charge in [-0.3, -0.25) is 0 Å². The van der Waals surface area contributed by atoms with Gasteiger partial charge in [0.15, 0.2) is 13.6 Å². The van der Waals surface area contributed by atoms with Crippen molar-refractivity contribution in [3.05, 3.63) is 86.5 Å². The second kappa shape index (κ2) is 9.50. The van der Waals surface area contributed by atoms with Gasteiger partial charge in [0, 0.05) is 14.7 Å². The molecule has 1 aliphatic heterocycles. The van der Waals surface area contributed by atoms with Gasteiger partial charge in [0.05, 0.1) is 0 Å². The Hall–Kier alpha value is -2.11. The second-order valence-corrected chi connectivity index (χ2v) is 12.8. The van der Waals surface area contributed by atoms with Crippen molar-refractivity contribution in [2.45, 2.75) is 82.6 Å². The van der Waals surface area contributed by atoms with Gasteiger partial charge in [0.1, 0.15) is 0 Å². The molecule has 0 aliphatic carbocycles. The van der Waals surface area contributed by atoms with E-state index in [9.17, 15) is 0 Å². The Balaban J connectivity index is 2.28. The van der Waals surface area contributed by atoms with Gasteiger partial charge in [0.2, 0.25) is 5.62 Å². The minimum absolute atomic E-state index is 0.233. The fourth-order valence-corrected chi connectivity index (χ4v) is 11.2. The van der Waals surface area contributed by atoms with Crippen LogP contribution < -0.4 is 0 Å². The highest BCUT2D eigenvalue weighted by Gasteiger charge is 2.47. The summed E-state index contributed by atoms with van der Waals surface area (Å²) in [5, 5.41) is 0. The molecule has 0 saturated carbocycles. The summed E-state index contributed by atoms with van der Waals surface area (Å²) in [5.41, 5.74) is 11.1. The molecule has 4 rings (SSSR count). The van der Waals surface area contributed by atoms with E-state index in [2.05, 4.69) is 98.7 Å².